The van der Waals surface area contributed by atoms with Crippen molar-refractivity contribution in [1.82, 2.24) is 10.2 Å². The molecule has 1 aliphatic rings. The Hall–Kier alpha value is -1.01. The van der Waals surface area contributed by atoms with E-state index in [-0.39, 0.29) is 42.7 Å². The van der Waals surface area contributed by atoms with E-state index in [0.717, 1.165) is 18.4 Å². The highest BCUT2D eigenvalue weighted by Crippen LogP contribution is 2.30. The monoisotopic (exact) mass is 407 g/mol. The second-order valence-electron chi connectivity index (χ2n) is 6.49. The van der Waals surface area contributed by atoms with Gasteiger partial charge in [-0.05, 0) is 36.5 Å². The van der Waals surface area contributed by atoms with Crippen molar-refractivity contribution in [3.8, 4) is 0 Å². The Morgan fingerprint density at radius 2 is 1.92 bits per heavy atom. The lowest BCUT2D eigenvalue weighted by Gasteiger charge is -2.24. The van der Waals surface area contributed by atoms with Crippen molar-refractivity contribution >= 4 is 47.4 Å². The summed E-state index contributed by atoms with van der Waals surface area (Å²) < 4.78 is 0. The van der Waals surface area contributed by atoms with Crippen LogP contribution in [0.25, 0.3) is 0 Å². The summed E-state index contributed by atoms with van der Waals surface area (Å²) in [6, 6.07) is 4.95. The third-order valence-electron chi connectivity index (χ3n) is 4.08. The predicted octanol–water partition coefficient (Wildman–Crippen LogP) is 3.01. The van der Waals surface area contributed by atoms with Gasteiger partial charge >= 0.3 is 0 Å². The Bertz CT molecular complexity index is 621. The number of nitrogens with two attached hydrogens (primary N) is 1. The fourth-order valence-electron chi connectivity index (χ4n) is 2.33. The normalized spacial score (nSPS) is 14.6. The van der Waals surface area contributed by atoms with Crippen LogP contribution < -0.4 is 11.1 Å². The molecule has 8 heteroatoms. The molecule has 140 valence electrons. The number of benzene rings is 1. The number of hydrogen-bond donors (Lipinski definition) is 2. The first-order chi connectivity index (χ1) is 11.3. The SMILES string of the molecule is CC(C)[C@H](N)C(=O)NCC(=O)N(Cc1ccc(Cl)c(Cl)c1)C1CC1.Cl. The van der Waals surface area contributed by atoms with Crippen molar-refractivity contribution in [2.75, 3.05) is 6.54 Å². The lowest BCUT2D eigenvalue weighted by molar-refractivity contribution is -0.134. The summed E-state index contributed by atoms with van der Waals surface area (Å²) in [4.78, 5) is 26.2. The molecule has 0 bridgehead atoms. The Balaban J connectivity index is 0.00000312. The average Bonchev–Trinajstić information content (AvgIpc) is 3.37. The molecule has 0 heterocycles. The van der Waals surface area contributed by atoms with Crippen molar-refractivity contribution in [2.24, 2.45) is 11.7 Å². The van der Waals surface area contributed by atoms with Crippen molar-refractivity contribution < 1.29 is 9.59 Å². The summed E-state index contributed by atoms with van der Waals surface area (Å²) in [6.07, 6.45) is 1.96. The number of rotatable bonds is 7. The van der Waals surface area contributed by atoms with Crippen LogP contribution in [0.1, 0.15) is 32.3 Å². The minimum Gasteiger partial charge on any atom is -0.346 e. The standard InChI is InChI=1S/C17H23Cl2N3O2.ClH/c1-10(2)16(20)17(24)21-8-15(23)22(12-4-5-12)9-11-3-6-13(18)14(19)7-11;/h3,6-7,10,12,16H,4-5,8-9,20H2,1-2H3,(H,21,24);1H/t16-;/m0./s1. The first-order valence-corrected chi connectivity index (χ1v) is 8.82. The maximum absolute atomic E-state index is 12.5. The van der Waals surface area contributed by atoms with Crippen molar-refractivity contribution in [2.45, 2.75) is 45.3 Å². The molecule has 1 saturated carbocycles. The van der Waals surface area contributed by atoms with Gasteiger partial charge in [0.15, 0.2) is 0 Å². The zero-order valence-electron chi connectivity index (χ0n) is 14.3. The van der Waals surface area contributed by atoms with Crippen LogP contribution in [0, 0.1) is 5.92 Å². The zero-order valence-corrected chi connectivity index (χ0v) is 16.6. The second kappa shape index (κ2) is 9.62. The predicted molar refractivity (Wildman–Crippen MR) is 103 cm³/mol. The molecular weight excluding hydrogens is 385 g/mol. The molecule has 1 aromatic rings. The van der Waals surface area contributed by atoms with Crippen LogP contribution in [0.4, 0.5) is 0 Å². The highest BCUT2D eigenvalue weighted by molar-refractivity contribution is 6.42. The molecule has 25 heavy (non-hydrogen) atoms. The van der Waals surface area contributed by atoms with Gasteiger partial charge in [0.25, 0.3) is 0 Å². The smallest absolute Gasteiger partial charge is 0.242 e. The van der Waals surface area contributed by atoms with Crippen LogP contribution in [-0.4, -0.2) is 35.3 Å². The van der Waals surface area contributed by atoms with E-state index in [1.165, 1.54) is 0 Å². The molecule has 0 aliphatic heterocycles. The summed E-state index contributed by atoms with van der Waals surface area (Å²) in [5.74, 6) is -0.396. The quantitative estimate of drug-likeness (QED) is 0.728. The maximum Gasteiger partial charge on any atom is 0.242 e. The number of halogens is 3. The molecule has 1 fully saturated rings. The van der Waals surface area contributed by atoms with Crippen LogP contribution in [-0.2, 0) is 16.1 Å². The summed E-state index contributed by atoms with van der Waals surface area (Å²) in [6.45, 7) is 4.14. The molecule has 1 aromatic carbocycles. The lowest BCUT2D eigenvalue weighted by atomic mass is 10.1. The molecule has 0 radical (unpaired) electrons. The second-order valence-corrected chi connectivity index (χ2v) is 7.30. The molecule has 1 aliphatic carbocycles. The summed E-state index contributed by atoms with van der Waals surface area (Å²) in [5, 5.41) is 3.58. The van der Waals surface area contributed by atoms with Gasteiger partial charge in [0.05, 0.1) is 22.6 Å². The van der Waals surface area contributed by atoms with Gasteiger partial charge < -0.3 is 16.0 Å². The Morgan fingerprint density at radius 3 is 2.44 bits per heavy atom. The number of carbonyl (C=O) groups excluding carboxylic acids is 2. The molecule has 0 saturated heterocycles. The van der Waals surface area contributed by atoms with Crippen LogP contribution in [0.5, 0.6) is 0 Å². The molecule has 2 amide bonds. The number of amides is 2. The van der Waals surface area contributed by atoms with Gasteiger partial charge in [0.1, 0.15) is 0 Å². The van der Waals surface area contributed by atoms with E-state index in [4.69, 9.17) is 28.9 Å². The van der Waals surface area contributed by atoms with E-state index in [0.29, 0.717) is 16.6 Å². The number of nitrogens with zero attached hydrogens (tertiary/aromatic N) is 1. The molecule has 5 nitrogen and oxygen atoms in total. The summed E-state index contributed by atoms with van der Waals surface area (Å²) in [5.41, 5.74) is 6.70. The zero-order chi connectivity index (χ0) is 17.9. The highest BCUT2D eigenvalue weighted by atomic mass is 35.5. The van der Waals surface area contributed by atoms with Gasteiger partial charge in [-0.3, -0.25) is 9.59 Å². The fraction of sp³-hybridized carbons (Fsp3) is 0.529. The Labute approximate surface area is 164 Å². The minimum absolute atomic E-state index is 0. The van der Waals surface area contributed by atoms with Gasteiger partial charge in [-0.1, -0.05) is 43.1 Å². The largest absolute Gasteiger partial charge is 0.346 e. The van der Waals surface area contributed by atoms with Gasteiger partial charge in [-0.15, -0.1) is 12.4 Å². The van der Waals surface area contributed by atoms with Crippen LogP contribution in [0.2, 0.25) is 10.0 Å². The molecule has 2 rings (SSSR count). The summed E-state index contributed by atoms with van der Waals surface area (Å²) >= 11 is 12.0. The third kappa shape index (κ3) is 6.33. The molecular formula is C17H24Cl3N3O2. The van der Waals surface area contributed by atoms with Crippen molar-refractivity contribution in [3.63, 3.8) is 0 Å². The Morgan fingerprint density at radius 1 is 1.28 bits per heavy atom. The topological polar surface area (TPSA) is 75.4 Å². The van der Waals surface area contributed by atoms with E-state index in [2.05, 4.69) is 5.32 Å². The van der Waals surface area contributed by atoms with Crippen LogP contribution in [0.15, 0.2) is 18.2 Å². The first-order valence-electron chi connectivity index (χ1n) is 8.06. The highest BCUT2D eigenvalue weighted by Gasteiger charge is 2.32. The van der Waals surface area contributed by atoms with E-state index >= 15 is 0 Å². The molecule has 1 atom stereocenters. The van der Waals surface area contributed by atoms with E-state index in [1.54, 1.807) is 17.0 Å². The molecule has 0 unspecified atom stereocenters. The molecule has 0 aromatic heterocycles. The number of hydrogen-bond acceptors (Lipinski definition) is 3. The third-order valence-corrected chi connectivity index (χ3v) is 4.82. The maximum atomic E-state index is 12.5. The Kier molecular flexibility index (Phi) is 8.48. The van der Waals surface area contributed by atoms with Crippen LogP contribution in [0.3, 0.4) is 0 Å². The van der Waals surface area contributed by atoms with Crippen molar-refractivity contribution in [3.05, 3.63) is 33.8 Å². The van der Waals surface area contributed by atoms with Gasteiger partial charge in [-0.25, -0.2) is 0 Å². The fourth-order valence-corrected chi connectivity index (χ4v) is 2.65. The van der Waals surface area contributed by atoms with E-state index in [1.807, 2.05) is 19.9 Å². The number of carbonyl (C=O) groups is 2. The van der Waals surface area contributed by atoms with Gasteiger partial charge in [-0.2, -0.15) is 0 Å². The lowest BCUT2D eigenvalue weighted by Crippen LogP contribution is -2.48. The minimum atomic E-state index is -0.609. The first kappa shape index (κ1) is 22.0. The van der Waals surface area contributed by atoms with Gasteiger partial charge in [0.2, 0.25) is 11.8 Å². The molecule has 0 spiro atoms. The molecule has 3 N–H and O–H groups in total. The average molecular weight is 409 g/mol. The number of nitrogens with one attached hydrogen (secondary N) is 1. The van der Waals surface area contributed by atoms with E-state index < -0.39 is 6.04 Å². The van der Waals surface area contributed by atoms with E-state index in [9.17, 15) is 9.59 Å². The summed E-state index contributed by atoms with van der Waals surface area (Å²) in [7, 11) is 0. The van der Waals surface area contributed by atoms with Gasteiger partial charge in [0, 0.05) is 12.6 Å². The van der Waals surface area contributed by atoms with Crippen molar-refractivity contribution in [1.29, 1.82) is 0 Å². The van der Waals surface area contributed by atoms with Crippen LogP contribution >= 0.6 is 35.6 Å².